The summed E-state index contributed by atoms with van der Waals surface area (Å²) in [7, 11) is 0. The molecule has 0 radical (unpaired) electrons. The Hall–Kier alpha value is -1.16. The number of nitrogens with one attached hydrogen (secondary N) is 1. The largest absolute Gasteiger partial charge is 0.368 e. The van der Waals surface area contributed by atoms with Crippen molar-refractivity contribution in [2.75, 3.05) is 25.0 Å². The number of hydrogen-bond acceptors (Lipinski definition) is 4. The van der Waals surface area contributed by atoms with E-state index in [0.29, 0.717) is 6.04 Å². The van der Waals surface area contributed by atoms with Gasteiger partial charge in [-0.3, -0.25) is 0 Å². The predicted molar refractivity (Wildman–Crippen MR) is 76.9 cm³/mol. The van der Waals surface area contributed by atoms with Crippen LogP contribution in [0.15, 0.2) is 12.3 Å². The summed E-state index contributed by atoms with van der Waals surface area (Å²) >= 11 is 0. The zero-order chi connectivity index (χ0) is 13.4. The summed E-state index contributed by atoms with van der Waals surface area (Å²) in [5.74, 6) is 1.74. The van der Waals surface area contributed by atoms with Crippen LogP contribution in [0.3, 0.4) is 0 Å². The summed E-state index contributed by atoms with van der Waals surface area (Å²) in [5, 5.41) is 3.42. The predicted octanol–water partition coefficient (Wildman–Crippen LogP) is 2.71. The molecule has 1 aromatic heterocycles. The number of hydrogen-bond donors (Lipinski definition) is 1. The Kier molecular flexibility index (Phi) is 6.65. The number of anilines is 1. The third kappa shape index (κ3) is 5.45. The maximum Gasteiger partial charge on any atom is 0.129 e. The van der Waals surface area contributed by atoms with Gasteiger partial charge < -0.3 is 10.2 Å². The SMILES string of the molecule is CCN(CC)CCCC(C)Nc1ccnc(C)n1. The number of aromatic nitrogens is 2. The molecule has 0 saturated heterocycles. The van der Waals surface area contributed by atoms with Crippen LogP contribution in [0.2, 0.25) is 0 Å². The second kappa shape index (κ2) is 8.03. The van der Waals surface area contributed by atoms with Gasteiger partial charge in [0.25, 0.3) is 0 Å². The van der Waals surface area contributed by atoms with Crippen molar-refractivity contribution in [3.63, 3.8) is 0 Å². The van der Waals surface area contributed by atoms with Crippen LogP contribution in [0.5, 0.6) is 0 Å². The molecule has 102 valence electrons. The first-order valence-corrected chi connectivity index (χ1v) is 6.94. The quantitative estimate of drug-likeness (QED) is 0.770. The fraction of sp³-hybridized carbons (Fsp3) is 0.714. The van der Waals surface area contributed by atoms with Gasteiger partial charge in [0.2, 0.25) is 0 Å². The van der Waals surface area contributed by atoms with Crippen LogP contribution < -0.4 is 5.32 Å². The van der Waals surface area contributed by atoms with Crippen LogP contribution in [-0.2, 0) is 0 Å². The molecule has 4 heteroatoms. The second-order valence-electron chi connectivity index (χ2n) is 4.70. The molecule has 0 aromatic carbocycles. The minimum Gasteiger partial charge on any atom is -0.368 e. The molecule has 0 saturated carbocycles. The van der Waals surface area contributed by atoms with Gasteiger partial charge >= 0.3 is 0 Å². The van der Waals surface area contributed by atoms with E-state index in [0.717, 1.165) is 24.7 Å². The molecule has 0 aliphatic carbocycles. The minimum absolute atomic E-state index is 0.454. The first kappa shape index (κ1) is 14.9. The molecular formula is C14H26N4. The number of nitrogens with zero attached hydrogens (tertiary/aromatic N) is 3. The van der Waals surface area contributed by atoms with Crippen LogP contribution in [0.25, 0.3) is 0 Å². The summed E-state index contributed by atoms with van der Waals surface area (Å²) in [5.41, 5.74) is 0. The van der Waals surface area contributed by atoms with Crippen molar-refractivity contribution in [3.05, 3.63) is 18.1 Å². The Labute approximate surface area is 111 Å². The van der Waals surface area contributed by atoms with E-state index in [1.807, 2.05) is 13.0 Å². The van der Waals surface area contributed by atoms with Gasteiger partial charge in [-0.05, 0) is 52.4 Å². The van der Waals surface area contributed by atoms with Gasteiger partial charge in [0.15, 0.2) is 0 Å². The number of aryl methyl sites for hydroxylation is 1. The zero-order valence-corrected chi connectivity index (χ0v) is 12.1. The van der Waals surface area contributed by atoms with Gasteiger partial charge in [-0.2, -0.15) is 0 Å². The fourth-order valence-corrected chi connectivity index (χ4v) is 2.02. The smallest absolute Gasteiger partial charge is 0.129 e. The monoisotopic (exact) mass is 250 g/mol. The third-order valence-electron chi connectivity index (χ3n) is 3.18. The summed E-state index contributed by atoms with van der Waals surface area (Å²) in [6.45, 7) is 12.0. The van der Waals surface area contributed by atoms with Crippen molar-refractivity contribution in [2.24, 2.45) is 0 Å². The lowest BCUT2D eigenvalue weighted by molar-refractivity contribution is 0.295. The maximum absolute atomic E-state index is 4.36. The minimum atomic E-state index is 0.454. The zero-order valence-electron chi connectivity index (χ0n) is 12.1. The summed E-state index contributed by atoms with van der Waals surface area (Å²) in [4.78, 5) is 10.9. The fourth-order valence-electron chi connectivity index (χ4n) is 2.02. The molecule has 1 N–H and O–H groups in total. The lowest BCUT2D eigenvalue weighted by Gasteiger charge is -2.20. The average Bonchev–Trinajstić information content (AvgIpc) is 2.34. The average molecular weight is 250 g/mol. The van der Waals surface area contributed by atoms with E-state index in [9.17, 15) is 0 Å². The van der Waals surface area contributed by atoms with E-state index in [1.54, 1.807) is 6.20 Å². The molecule has 0 aliphatic heterocycles. The first-order chi connectivity index (χ1) is 8.65. The lowest BCUT2D eigenvalue weighted by Crippen LogP contribution is -2.25. The summed E-state index contributed by atoms with van der Waals surface area (Å²) in [6.07, 6.45) is 4.19. The third-order valence-corrected chi connectivity index (χ3v) is 3.18. The summed E-state index contributed by atoms with van der Waals surface area (Å²) < 4.78 is 0. The van der Waals surface area contributed by atoms with Crippen LogP contribution >= 0.6 is 0 Å². The highest BCUT2D eigenvalue weighted by Crippen LogP contribution is 2.07. The van der Waals surface area contributed by atoms with Crippen LogP contribution in [-0.4, -0.2) is 40.5 Å². The van der Waals surface area contributed by atoms with Gasteiger partial charge in [-0.15, -0.1) is 0 Å². The highest BCUT2D eigenvalue weighted by atomic mass is 15.1. The normalized spacial score (nSPS) is 12.7. The molecule has 0 spiro atoms. The van der Waals surface area contributed by atoms with Crippen molar-refractivity contribution >= 4 is 5.82 Å². The van der Waals surface area contributed by atoms with Crippen molar-refractivity contribution in [2.45, 2.75) is 46.6 Å². The Morgan fingerprint density at radius 1 is 1.33 bits per heavy atom. The Morgan fingerprint density at radius 3 is 2.67 bits per heavy atom. The van der Waals surface area contributed by atoms with Gasteiger partial charge in [0.1, 0.15) is 11.6 Å². The standard InChI is InChI=1S/C14H26N4/c1-5-18(6-2)11-7-8-12(3)16-14-9-10-15-13(4)17-14/h9-10,12H,5-8,11H2,1-4H3,(H,15,16,17). The number of rotatable bonds is 8. The molecule has 0 aliphatic rings. The van der Waals surface area contributed by atoms with Gasteiger partial charge in [-0.25, -0.2) is 9.97 Å². The molecule has 0 amide bonds. The van der Waals surface area contributed by atoms with Gasteiger partial charge in [-0.1, -0.05) is 13.8 Å². The van der Waals surface area contributed by atoms with Crippen molar-refractivity contribution in [1.82, 2.24) is 14.9 Å². The Balaban J connectivity index is 2.27. The summed E-state index contributed by atoms with van der Waals surface area (Å²) in [6, 6.07) is 2.38. The molecule has 1 atom stereocenters. The highest BCUT2D eigenvalue weighted by Gasteiger charge is 2.05. The molecule has 1 heterocycles. The van der Waals surface area contributed by atoms with E-state index in [4.69, 9.17) is 0 Å². The first-order valence-electron chi connectivity index (χ1n) is 6.94. The molecular weight excluding hydrogens is 224 g/mol. The van der Waals surface area contributed by atoms with E-state index in [1.165, 1.54) is 19.4 Å². The molecule has 4 nitrogen and oxygen atoms in total. The lowest BCUT2D eigenvalue weighted by atomic mass is 10.1. The van der Waals surface area contributed by atoms with Crippen molar-refractivity contribution in [1.29, 1.82) is 0 Å². The molecule has 0 bridgehead atoms. The van der Waals surface area contributed by atoms with Gasteiger partial charge in [0, 0.05) is 12.2 Å². The van der Waals surface area contributed by atoms with E-state index in [-0.39, 0.29) is 0 Å². The van der Waals surface area contributed by atoms with Crippen LogP contribution in [0, 0.1) is 6.92 Å². The molecule has 1 rings (SSSR count). The van der Waals surface area contributed by atoms with Crippen molar-refractivity contribution < 1.29 is 0 Å². The maximum atomic E-state index is 4.36. The van der Waals surface area contributed by atoms with Gasteiger partial charge in [0.05, 0.1) is 0 Å². The van der Waals surface area contributed by atoms with E-state index >= 15 is 0 Å². The molecule has 0 fully saturated rings. The second-order valence-corrected chi connectivity index (χ2v) is 4.70. The highest BCUT2D eigenvalue weighted by molar-refractivity contribution is 5.33. The van der Waals surface area contributed by atoms with Crippen LogP contribution in [0.4, 0.5) is 5.82 Å². The van der Waals surface area contributed by atoms with Crippen molar-refractivity contribution in [3.8, 4) is 0 Å². The molecule has 1 aromatic rings. The van der Waals surface area contributed by atoms with E-state index < -0.39 is 0 Å². The Morgan fingerprint density at radius 2 is 2.06 bits per heavy atom. The molecule has 1 unspecified atom stereocenters. The van der Waals surface area contributed by atoms with E-state index in [2.05, 4.69) is 41.0 Å². The van der Waals surface area contributed by atoms with Crippen LogP contribution in [0.1, 0.15) is 39.4 Å². The molecule has 18 heavy (non-hydrogen) atoms. The Bertz CT molecular complexity index is 336. The topological polar surface area (TPSA) is 41.0 Å².